The highest BCUT2D eigenvalue weighted by atomic mass is 16.5. The van der Waals surface area contributed by atoms with Gasteiger partial charge in [0.1, 0.15) is 0 Å². The van der Waals surface area contributed by atoms with Crippen molar-refractivity contribution in [2.24, 2.45) is 5.41 Å². The van der Waals surface area contributed by atoms with Crippen molar-refractivity contribution in [3.05, 3.63) is 41.0 Å². The quantitative estimate of drug-likeness (QED) is 0.869. The van der Waals surface area contributed by atoms with Gasteiger partial charge in [0.15, 0.2) is 5.78 Å². The third-order valence-corrected chi connectivity index (χ3v) is 5.51. The summed E-state index contributed by atoms with van der Waals surface area (Å²) in [5.74, 6) is 0.142. The molecular weight excluding hydrogens is 314 g/mol. The second-order valence-electron chi connectivity index (χ2n) is 7.05. The Bertz CT molecular complexity index is 699. The molecule has 4 heteroatoms. The molecule has 0 unspecified atom stereocenters. The number of amides is 1. The molecule has 2 aliphatic carbocycles. The average Bonchev–Trinajstić information content (AvgIpc) is 2.62. The number of nitrogens with one attached hydrogen (secondary N) is 1. The maximum Gasteiger partial charge on any atom is 0.411 e. The van der Waals surface area contributed by atoms with Crippen LogP contribution in [0.15, 0.2) is 29.8 Å². The van der Waals surface area contributed by atoms with Crippen molar-refractivity contribution in [1.29, 1.82) is 0 Å². The molecule has 1 aromatic carbocycles. The van der Waals surface area contributed by atoms with Gasteiger partial charge in [-0.15, -0.1) is 0 Å². The van der Waals surface area contributed by atoms with Crippen LogP contribution in [0.2, 0.25) is 0 Å². The van der Waals surface area contributed by atoms with Gasteiger partial charge in [-0.2, -0.15) is 0 Å². The molecule has 0 heterocycles. The molecule has 1 saturated carbocycles. The summed E-state index contributed by atoms with van der Waals surface area (Å²) in [6.07, 6.45) is 6.36. The summed E-state index contributed by atoms with van der Waals surface area (Å²) in [5.41, 5.74) is 3.53. The Morgan fingerprint density at radius 3 is 2.52 bits per heavy atom. The van der Waals surface area contributed by atoms with Crippen LogP contribution in [0.4, 0.5) is 4.79 Å². The highest BCUT2D eigenvalue weighted by Crippen LogP contribution is 2.51. The number of ketones is 1. The van der Waals surface area contributed by atoms with Crippen LogP contribution >= 0.6 is 0 Å². The minimum atomic E-state index is -0.485. The Kier molecular flexibility index (Phi) is 5.26. The minimum absolute atomic E-state index is 0.142. The first-order valence-corrected chi connectivity index (χ1v) is 9.41. The summed E-state index contributed by atoms with van der Waals surface area (Å²) >= 11 is 0. The van der Waals surface area contributed by atoms with E-state index in [9.17, 15) is 9.59 Å². The molecule has 134 valence electrons. The van der Waals surface area contributed by atoms with Gasteiger partial charge in [-0.3, -0.25) is 10.1 Å². The minimum Gasteiger partial charge on any atom is -0.450 e. The lowest BCUT2D eigenvalue weighted by Crippen LogP contribution is -2.39. The number of carbonyl (C=O) groups is 2. The number of allylic oxidation sites excluding steroid dienone is 1. The van der Waals surface area contributed by atoms with Gasteiger partial charge in [0, 0.05) is 23.0 Å². The lowest BCUT2D eigenvalue weighted by atomic mass is 9.61. The highest BCUT2D eigenvalue weighted by Gasteiger charge is 2.44. The van der Waals surface area contributed by atoms with E-state index in [1.807, 2.05) is 25.1 Å². The first-order chi connectivity index (χ1) is 12.1. The number of hydrogen-bond acceptors (Lipinski definition) is 3. The van der Waals surface area contributed by atoms with Crippen molar-refractivity contribution < 1.29 is 14.3 Å². The second-order valence-corrected chi connectivity index (χ2v) is 7.05. The molecule has 25 heavy (non-hydrogen) atoms. The van der Waals surface area contributed by atoms with Crippen LogP contribution < -0.4 is 5.32 Å². The molecule has 0 aliphatic heterocycles. The van der Waals surface area contributed by atoms with E-state index in [0.29, 0.717) is 18.7 Å². The molecule has 0 atom stereocenters. The number of rotatable bonds is 4. The van der Waals surface area contributed by atoms with E-state index in [1.54, 1.807) is 6.92 Å². The monoisotopic (exact) mass is 341 g/mol. The highest BCUT2D eigenvalue weighted by molar-refractivity contribution is 6.06. The van der Waals surface area contributed by atoms with Crippen molar-refractivity contribution in [1.82, 2.24) is 5.32 Å². The maximum atomic E-state index is 12.9. The summed E-state index contributed by atoms with van der Waals surface area (Å²) in [6.45, 7) is 3.99. The van der Waals surface area contributed by atoms with Crippen molar-refractivity contribution >= 4 is 17.6 Å². The van der Waals surface area contributed by atoms with E-state index < -0.39 is 6.09 Å². The number of alkyl carbamates (subject to hydrolysis) is 1. The van der Waals surface area contributed by atoms with E-state index in [2.05, 4.69) is 11.4 Å². The largest absolute Gasteiger partial charge is 0.450 e. The summed E-state index contributed by atoms with van der Waals surface area (Å²) in [7, 11) is 0. The van der Waals surface area contributed by atoms with Crippen LogP contribution in [-0.4, -0.2) is 18.5 Å². The van der Waals surface area contributed by atoms with Gasteiger partial charge in [-0.1, -0.05) is 50.5 Å². The lowest BCUT2D eigenvalue weighted by Gasteiger charge is -2.43. The zero-order valence-corrected chi connectivity index (χ0v) is 15.2. The van der Waals surface area contributed by atoms with Crippen LogP contribution in [0.3, 0.4) is 0 Å². The molecule has 1 N–H and O–H groups in total. The van der Waals surface area contributed by atoms with Crippen molar-refractivity contribution in [3.8, 4) is 0 Å². The van der Waals surface area contributed by atoms with E-state index in [1.165, 1.54) is 12.0 Å². The Hall–Kier alpha value is -2.10. The molecule has 2 aliphatic rings. The number of benzene rings is 1. The van der Waals surface area contributed by atoms with Crippen LogP contribution in [-0.2, 0) is 16.0 Å². The molecule has 0 bridgehead atoms. The smallest absolute Gasteiger partial charge is 0.411 e. The normalized spacial score (nSPS) is 18.6. The molecule has 0 aromatic heterocycles. The molecule has 1 spiro atoms. The number of carbonyl (C=O) groups excluding carboxylic acids is 2. The SMILES string of the molecule is CCOC(=O)NC1=C(C(=O)CC)C2(CCCCC2)Cc2ccccc21. The van der Waals surface area contributed by atoms with Crippen LogP contribution in [0, 0.1) is 5.41 Å². The number of hydrogen-bond donors (Lipinski definition) is 1. The topological polar surface area (TPSA) is 55.4 Å². The Morgan fingerprint density at radius 1 is 1.12 bits per heavy atom. The Labute approximate surface area is 149 Å². The van der Waals surface area contributed by atoms with Gasteiger partial charge in [0.05, 0.1) is 12.3 Å². The second kappa shape index (κ2) is 7.42. The number of ether oxygens (including phenoxy) is 1. The van der Waals surface area contributed by atoms with Gasteiger partial charge in [-0.05, 0) is 31.7 Å². The van der Waals surface area contributed by atoms with Crippen LogP contribution in [0.25, 0.3) is 5.70 Å². The summed E-state index contributed by atoms with van der Waals surface area (Å²) < 4.78 is 5.10. The van der Waals surface area contributed by atoms with Crippen LogP contribution in [0.5, 0.6) is 0 Å². The molecule has 1 fully saturated rings. The van der Waals surface area contributed by atoms with Crippen molar-refractivity contribution in [2.75, 3.05) is 6.61 Å². The zero-order valence-electron chi connectivity index (χ0n) is 15.2. The van der Waals surface area contributed by atoms with E-state index >= 15 is 0 Å². The first-order valence-electron chi connectivity index (χ1n) is 9.41. The average molecular weight is 341 g/mol. The molecule has 0 saturated heterocycles. The number of fused-ring (bicyclic) bond motifs is 1. The molecule has 0 radical (unpaired) electrons. The fourth-order valence-electron chi connectivity index (χ4n) is 4.44. The zero-order chi connectivity index (χ0) is 17.9. The fourth-order valence-corrected chi connectivity index (χ4v) is 4.44. The van der Waals surface area contributed by atoms with E-state index in [-0.39, 0.29) is 11.2 Å². The lowest BCUT2D eigenvalue weighted by molar-refractivity contribution is -0.116. The Morgan fingerprint density at radius 2 is 1.84 bits per heavy atom. The fraction of sp³-hybridized carbons (Fsp3) is 0.524. The molecule has 4 nitrogen and oxygen atoms in total. The first kappa shape index (κ1) is 17.7. The Balaban J connectivity index is 2.16. The third-order valence-electron chi connectivity index (χ3n) is 5.51. The summed E-state index contributed by atoms with van der Waals surface area (Å²) in [6, 6.07) is 8.10. The predicted octanol–water partition coefficient (Wildman–Crippen LogP) is 4.63. The predicted molar refractivity (Wildman–Crippen MR) is 98.0 cm³/mol. The van der Waals surface area contributed by atoms with Crippen LogP contribution in [0.1, 0.15) is 63.5 Å². The summed E-state index contributed by atoms with van der Waals surface area (Å²) in [4.78, 5) is 25.1. The molecule has 3 rings (SSSR count). The third kappa shape index (κ3) is 3.35. The molecular formula is C21H27NO3. The van der Waals surface area contributed by atoms with Gasteiger partial charge in [-0.25, -0.2) is 4.79 Å². The van der Waals surface area contributed by atoms with Gasteiger partial charge < -0.3 is 4.74 Å². The number of Topliss-reactive ketones (excluding diaryl/α,β-unsaturated/α-hetero) is 1. The van der Waals surface area contributed by atoms with Gasteiger partial charge in [0.2, 0.25) is 0 Å². The van der Waals surface area contributed by atoms with Crippen molar-refractivity contribution in [2.45, 2.75) is 58.8 Å². The molecule has 1 aromatic rings. The maximum absolute atomic E-state index is 12.9. The van der Waals surface area contributed by atoms with E-state index in [4.69, 9.17) is 4.74 Å². The van der Waals surface area contributed by atoms with Gasteiger partial charge >= 0.3 is 6.09 Å². The van der Waals surface area contributed by atoms with E-state index in [0.717, 1.165) is 43.2 Å². The van der Waals surface area contributed by atoms with Gasteiger partial charge in [0.25, 0.3) is 0 Å². The summed E-state index contributed by atoms with van der Waals surface area (Å²) in [5, 5.41) is 2.91. The van der Waals surface area contributed by atoms with Crippen molar-refractivity contribution in [3.63, 3.8) is 0 Å². The standard InChI is InChI=1S/C21H27NO3/c1-3-17(23)18-19(22-20(24)25-4-2)16-11-7-6-10-15(16)14-21(18)12-8-5-9-13-21/h6-7,10-11H,3-5,8-9,12-14H2,1-2H3,(H,22,24). The molecule has 1 amide bonds.